The van der Waals surface area contributed by atoms with Gasteiger partial charge in [0.2, 0.25) is 0 Å². The van der Waals surface area contributed by atoms with E-state index in [0.29, 0.717) is 32.9 Å². The number of fused-ring (bicyclic) bond motifs is 2. The van der Waals surface area contributed by atoms with Crippen molar-refractivity contribution in [3.05, 3.63) is 63.7 Å². The first-order valence-electron chi connectivity index (χ1n) is 11.8. The first-order chi connectivity index (χ1) is 17.4. The highest BCUT2D eigenvalue weighted by molar-refractivity contribution is 7.16. The molecule has 3 heterocycles. The second-order valence-electron chi connectivity index (χ2n) is 9.14. The van der Waals surface area contributed by atoms with E-state index in [1.807, 2.05) is 45.0 Å². The Hall–Kier alpha value is -4.03. The molecule has 8 nitrogen and oxygen atoms in total. The van der Waals surface area contributed by atoms with Crippen molar-refractivity contribution in [2.24, 2.45) is 0 Å². The Morgan fingerprint density at radius 1 is 1.25 bits per heavy atom. The predicted molar refractivity (Wildman–Crippen MR) is 138 cm³/mol. The molecule has 0 bridgehead atoms. The Labute approximate surface area is 212 Å². The Kier molecular flexibility index (Phi) is 6.29. The number of aromatic nitrogens is 3. The van der Waals surface area contributed by atoms with E-state index in [2.05, 4.69) is 16.5 Å². The second kappa shape index (κ2) is 9.55. The molecule has 0 unspecified atom stereocenters. The van der Waals surface area contributed by atoms with Gasteiger partial charge >= 0.3 is 5.97 Å². The molecule has 1 N–H and O–H groups in total. The molecule has 36 heavy (non-hydrogen) atoms. The molecule has 5 rings (SSSR count). The number of aryl methyl sites for hydroxylation is 2. The average molecular weight is 500 g/mol. The molecule has 0 spiro atoms. The van der Waals surface area contributed by atoms with Crippen LogP contribution in [0.1, 0.15) is 58.2 Å². The Balaban J connectivity index is 1.39. The van der Waals surface area contributed by atoms with Gasteiger partial charge in [-0.25, -0.2) is 14.5 Å². The molecule has 0 atom stereocenters. The quantitative estimate of drug-likeness (QED) is 0.365. The number of pyridine rings is 1. The Morgan fingerprint density at radius 3 is 2.75 bits per heavy atom. The van der Waals surface area contributed by atoms with Gasteiger partial charge in [0.15, 0.2) is 12.3 Å². The second-order valence-corrected chi connectivity index (χ2v) is 10.2. The monoisotopic (exact) mass is 499 g/mol. The van der Waals surface area contributed by atoms with Crippen LogP contribution in [0.15, 0.2) is 36.5 Å². The van der Waals surface area contributed by atoms with Crippen molar-refractivity contribution in [2.45, 2.75) is 46.1 Å². The van der Waals surface area contributed by atoms with Gasteiger partial charge in [-0.3, -0.25) is 4.79 Å². The summed E-state index contributed by atoms with van der Waals surface area (Å²) in [6.07, 6.45) is 4.40. The fourth-order valence-corrected chi connectivity index (χ4v) is 5.68. The highest BCUT2D eigenvalue weighted by atomic mass is 32.1. The zero-order valence-electron chi connectivity index (χ0n) is 20.3. The SMILES string of the molecule is Cc1ccc(-c2cc(C(=O)OCC(=O)Nc3sc4c(c3C#N)CCC4)c3cnn(C(C)C)c3n2)cc1. The molecule has 1 aliphatic rings. The van der Waals surface area contributed by atoms with Crippen LogP contribution in [0.25, 0.3) is 22.3 Å². The van der Waals surface area contributed by atoms with Crippen molar-refractivity contribution in [2.75, 3.05) is 11.9 Å². The number of carbonyl (C=O) groups excluding carboxylic acids is 2. The van der Waals surface area contributed by atoms with Crippen LogP contribution in [-0.4, -0.2) is 33.2 Å². The molecule has 0 saturated heterocycles. The van der Waals surface area contributed by atoms with Crippen LogP contribution in [0.3, 0.4) is 0 Å². The van der Waals surface area contributed by atoms with Gasteiger partial charge in [-0.2, -0.15) is 10.4 Å². The normalized spacial score (nSPS) is 12.5. The summed E-state index contributed by atoms with van der Waals surface area (Å²) in [5.41, 5.74) is 5.02. The zero-order valence-corrected chi connectivity index (χ0v) is 21.1. The molecule has 3 aromatic heterocycles. The van der Waals surface area contributed by atoms with E-state index in [-0.39, 0.29) is 6.04 Å². The molecular weight excluding hydrogens is 474 g/mol. The van der Waals surface area contributed by atoms with E-state index >= 15 is 0 Å². The predicted octanol–water partition coefficient (Wildman–Crippen LogP) is 5.21. The average Bonchev–Trinajstić information content (AvgIpc) is 3.56. The Bertz CT molecular complexity index is 1530. The number of nitriles is 1. The largest absolute Gasteiger partial charge is 0.452 e. The zero-order chi connectivity index (χ0) is 25.4. The van der Waals surface area contributed by atoms with Crippen molar-refractivity contribution < 1.29 is 14.3 Å². The molecule has 1 aromatic carbocycles. The smallest absolute Gasteiger partial charge is 0.339 e. The van der Waals surface area contributed by atoms with E-state index in [1.54, 1.807) is 16.9 Å². The first-order valence-corrected chi connectivity index (χ1v) is 12.6. The lowest BCUT2D eigenvalue weighted by atomic mass is 10.1. The van der Waals surface area contributed by atoms with Crippen LogP contribution in [0.4, 0.5) is 5.00 Å². The summed E-state index contributed by atoms with van der Waals surface area (Å²) in [4.78, 5) is 31.7. The van der Waals surface area contributed by atoms with Crippen LogP contribution in [0.2, 0.25) is 0 Å². The molecule has 1 amide bonds. The number of thiophene rings is 1. The van der Waals surface area contributed by atoms with Gasteiger partial charge in [0.1, 0.15) is 11.1 Å². The number of anilines is 1. The lowest BCUT2D eigenvalue weighted by molar-refractivity contribution is -0.119. The molecular formula is C27H25N5O3S. The summed E-state index contributed by atoms with van der Waals surface area (Å²) in [5, 5.41) is 17.8. The van der Waals surface area contributed by atoms with Gasteiger partial charge in [0.05, 0.1) is 28.4 Å². The summed E-state index contributed by atoms with van der Waals surface area (Å²) in [6, 6.07) is 11.8. The van der Waals surface area contributed by atoms with Gasteiger partial charge in [-0.05, 0) is 51.7 Å². The minimum atomic E-state index is -0.636. The summed E-state index contributed by atoms with van der Waals surface area (Å²) < 4.78 is 7.17. The molecule has 0 aliphatic heterocycles. The molecule has 1 aliphatic carbocycles. The van der Waals surface area contributed by atoms with Crippen LogP contribution in [0.5, 0.6) is 0 Å². The maximum Gasteiger partial charge on any atom is 0.339 e. The number of benzene rings is 1. The Morgan fingerprint density at radius 2 is 2.03 bits per heavy atom. The highest BCUT2D eigenvalue weighted by Crippen LogP contribution is 2.38. The number of nitrogens with one attached hydrogen (secondary N) is 1. The summed E-state index contributed by atoms with van der Waals surface area (Å²) in [7, 11) is 0. The van der Waals surface area contributed by atoms with Crippen molar-refractivity contribution >= 4 is 39.2 Å². The minimum absolute atomic E-state index is 0.0414. The minimum Gasteiger partial charge on any atom is -0.452 e. The number of amides is 1. The number of hydrogen-bond acceptors (Lipinski definition) is 7. The van der Waals surface area contributed by atoms with E-state index in [4.69, 9.17) is 9.72 Å². The van der Waals surface area contributed by atoms with Gasteiger partial charge in [0.25, 0.3) is 5.91 Å². The highest BCUT2D eigenvalue weighted by Gasteiger charge is 2.24. The van der Waals surface area contributed by atoms with Gasteiger partial charge in [-0.1, -0.05) is 29.8 Å². The molecule has 182 valence electrons. The fraction of sp³-hybridized carbons (Fsp3) is 0.296. The lowest BCUT2D eigenvalue weighted by Crippen LogP contribution is -2.21. The van der Waals surface area contributed by atoms with Crippen molar-refractivity contribution in [1.29, 1.82) is 5.26 Å². The van der Waals surface area contributed by atoms with E-state index < -0.39 is 18.5 Å². The maximum atomic E-state index is 13.2. The summed E-state index contributed by atoms with van der Waals surface area (Å²) in [5.74, 6) is -1.12. The molecule has 9 heteroatoms. The number of rotatable bonds is 6. The number of hydrogen-bond donors (Lipinski definition) is 1. The molecule has 0 fully saturated rings. The topological polar surface area (TPSA) is 110 Å². The molecule has 0 radical (unpaired) electrons. The third-order valence-electron chi connectivity index (χ3n) is 6.24. The van der Waals surface area contributed by atoms with Crippen LogP contribution >= 0.6 is 11.3 Å². The number of esters is 1. The van der Waals surface area contributed by atoms with Gasteiger partial charge < -0.3 is 10.1 Å². The lowest BCUT2D eigenvalue weighted by Gasteiger charge is -2.11. The first kappa shape index (κ1) is 23.7. The number of ether oxygens (including phenoxy) is 1. The standard InChI is InChI=1S/C27H25N5O3S/c1-15(2)32-25-21(13-29-32)19(11-22(30-25)17-9-7-16(3)8-10-17)27(34)35-14-24(33)31-26-20(12-28)18-5-4-6-23(18)36-26/h7-11,13,15H,4-6,14H2,1-3H3,(H,31,33). The van der Waals surface area contributed by atoms with Crippen molar-refractivity contribution in [1.82, 2.24) is 14.8 Å². The summed E-state index contributed by atoms with van der Waals surface area (Å²) in [6.45, 7) is 5.52. The van der Waals surface area contributed by atoms with Crippen molar-refractivity contribution in [3.63, 3.8) is 0 Å². The van der Waals surface area contributed by atoms with Gasteiger partial charge in [0, 0.05) is 16.5 Å². The van der Waals surface area contributed by atoms with Crippen LogP contribution < -0.4 is 5.32 Å². The van der Waals surface area contributed by atoms with Crippen LogP contribution in [-0.2, 0) is 22.4 Å². The van der Waals surface area contributed by atoms with E-state index in [1.165, 1.54) is 11.3 Å². The fourth-order valence-electron chi connectivity index (χ4n) is 4.42. The van der Waals surface area contributed by atoms with E-state index in [0.717, 1.165) is 40.8 Å². The van der Waals surface area contributed by atoms with Crippen molar-refractivity contribution in [3.8, 4) is 17.3 Å². The molecule has 4 aromatic rings. The molecule has 0 saturated carbocycles. The number of carbonyl (C=O) groups is 2. The van der Waals surface area contributed by atoms with Gasteiger partial charge in [-0.15, -0.1) is 11.3 Å². The third kappa shape index (κ3) is 4.36. The van der Waals surface area contributed by atoms with Crippen LogP contribution in [0, 0.1) is 18.3 Å². The summed E-state index contributed by atoms with van der Waals surface area (Å²) >= 11 is 1.43. The maximum absolute atomic E-state index is 13.2. The third-order valence-corrected chi connectivity index (χ3v) is 7.45. The van der Waals surface area contributed by atoms with E-state index in [9.17, 15) is 14.9 Å². The number of nitrogens with zero attached hydrogens (tertiary/aromatic N) is 4.